The van der Waals surface area contributed by atoms with Crippen LogP contribution >= 0.6 is 11.3 Å². The lowest BCUT2D eigenvalue weighted by Crippen LogP contribution is -2.40. The van der Waals surface area contributed by atoms with Crippen molar-refractivity contribution in [2.45, 2.75) is 38.6 Å². The van der Waals surface area contributed by atoms with Crippen LogP contribution in [0.3, 0.4) is 0 Å². The molecule has 6 heteroatoms. The number of aromatic nitrogens is 1. The zero-order valence-corrected chi connectivity index (χ0v) is 13.6. The maximum Gasteiger partial charge on any atom is 0.350 e. The van der Waals surface area contributed by atoms with Crippen molar-refractivity contribution in [2.75, 3.05) is 38.2 Å². The van der Waals surface area contributed by atoms with Gasteiger partial charge in [0.15, 0.2) is 5.13 Å². The molecule has 1 aromatic rings. The fourth-order valence-corrected chi connectivity index (χ4v) is 4.32. The summed E-state index contributed by atoms with van der Waals surface area (Å²) in [6.07, 6.45) is 5.24. The molecule has 1 atom stereocenters. The highest BCUT2D eigenvalue weighted by atomic mass is 32.1. The van der Waals surface area contributed by atoms with Gasteiger partial charge < -0.3 is 9.64 Å². The van der Waals surface area contributed by atoms with Crippen LogP contribution in [0.5, 0.6) is 0 Å². The van der Waals surface area contributed by atoms with Gasteiger partial charge in [0.05, 0.1) is 12.8 Å². The summed E-state index contributed by atoms with van der Waals surface area (Å²) in [5, 5.41) is 0.965. The van der Waals surface area contributed by atoms with Crippen LogP contribution in [0, 0.1) is 6.92 Å². The van der Waals surface area contributed by atoms with Crippen molar-refractivity contribution in [2.24, 2.45) is 0 Å². The normalized spacial score (nSPS) is 23.5. The Bertz CT molecular complexity index is 511. The van der Waals surface area contributed by atoms with Gasteiger partial charge >= 0.3 is 5.97 Å². The summed E-state index contributed by atoms with van der Waals surface area (Å²) in [6, 6.07) is 0.649. The third-order valence-corrected chi connectivity index (χ3v) is 5.70. The van der Waals surface area contributed by atoms with Gasteiger partial charge in [-0.15, -0.1) is 0 Å². The van der Waals surface area contributed by atoms with E-state index in [0.29, 0.717) is 10.9 Å². The summed E-state index contributed by atoms with van der Waals surface area (Å²) >= 11 is 1.46. The molecule has 3 rings (SSSR count). The van der Waals surface area contributed by atoms with Gasteiger partial charge in [0.25, 0.3) is 0 Å². The Balaban J connectivity index is 1.67. The van der Waals surface area contributed by atoms with Crippen LogP contribution in [-0.2, 0) is 4.74 Å². The number of esters is 1. The van der Waals surface area contributed by atoms with Crippen LogP contribution in [0.1, 0.15) is 41.0 Å². The molecule has 0 aliphatic carbocycles. The first-order valence-electron chi connectivity index (χ1n) is 7.74. The zero-order chi connectivity index (χ0) is 14.8. The van der Waals surface area contributed by atoms with Crippen molar-refractivity contribution in [1.82, 2.24) is 9.88 Å². The fourth-order valence-electron chi connectivity index (χ4n) is 3.30. The van der Waals surface area contributed by atoms with Crippen LogP contribution in [0.15, 0.2) is 0 Å². The van der Waals surface area contributed by atoms with E-state index in [2.05, 4.69) is 14.8 Å². The highest BCUT2D eigenvalue weighted by Crippen LogP contribution is 2.30. The summed E-state index contributed by atoms with van der Waals surface area (Å²) in [4.78, 5) is 21.8. The summed E-state index contributed by atoms with van der Waals surface area (Å²) < 4.78 is 4.81. The number of rotatable bonds is 3. The summed E-state index contributed by atoms with van der Waals surface area (Å²) in [7, 11) is 1.42. The number of aryl methyl sites for hydroxylation is 1. The first kappa shape index (κ1) is 14.8. The van der Waals surface area contributed by atoms with E-state index in [1.807, 2.05) is 6.92 Å². The number of anilines is 1. The number of piperidine rings is 1. The number of thiazole rings is 1. The van der Waals surface area contributed by atoms with E-state index in [0.717, 1.165) is 23.9 Å². The van der Waals surface area contributed by atoms with Gasteiger partial charge in [0.2, 0.25) is 0 Å². The molecule has 2 aliphatic heterocycles. The van der Waals surface area contributed by atoms with Gasteiger partial charge in [-0.1, -0.05) is 17.8 Å². The zero-order valence-electron chi connectivity index (χ0n) is 12.8. The lowest BCUT2D eigenvalue weighted by atomic mass is 10.1. The SMILES string of the molecule is COC(=O)c1sc(N2CCC(N3CCCCC3)C2)nc1C. The van der Waals surface area contributed by atoms with Crippen LogP contribution in [-0.4, -0.2) is 55.2 Å². The molecule has 2 aliphatic rings. The topological polar surface area (TPSA) is 45.7 Å². The Kier molecular flexibility index (Phi) is 4.45. The first-order chi connectivity index (χ1) is 10.2. The third kappa shape index (κ3) is 3.06. The average Bonchev–Trinajstić information content (AvgIpc) is 3.14. The number of nitrogens with zero attached hydrogens (tertiary/aromatic N) is 3. The Morgan fingerprint density at radius 2 is 2.05 bits per heavy atom. The maximum atomic E-state index is 11.7. The standard InChI is InChI=1S/C15H23N3O2S/c1-11-13(14(19)20-2)21-15(16-11)18-9-6-12(10-18)17-7-4-3-5-8-17/h12H,3-10H2,1-2H3. The molecule has 1 aromatic heterocycles. The van der Waals surface area contributed by atoms with Gasteiger partial charge in [-0.05, 0) is 39.3 Å². The minimum absolute atomic E-state index is 0.275. The monoisotopic (exact) mass is 309 g/mol. The van der Waals surface area contributed by atoms with Crippen LogP contribution in [0.25, 0.3) is 0 Å². The van der Waals surface area contributed by atoms with Gasteiger partial charge in [-0.3, -0.25) is 4.90 Å². The molecule has 2 fully saturated rings. The molecule has 0 N–H and O–H groups in total. The molecule has 116 valence electrons. The highest BCUT2D eigenvalue weighted by Gasteiger charge is 2.30. The lowest BCUT2D eigenvalue weighted by molar-refractivity contribution is 0.0605. The Morgan fingerprint density at radius 3 is 2.76 bits per heavy atom. The highest BCUT2D eigenvalue weighted by molar-refractivity contribution is 7.17. The van der Waals surface area contributed by atoms with Crippen LogP contribution in [0.4, 0.5) is 5.13 Å². The maximum absolute atomic E-state index is 11.7. The van der Waals surface area contributed by atoms with E-state index in [4.69, 9.17) is 4.74 Å². The fraction of sp³-hybridized carbons (Fsp3) is 0.733. The summed E-state index contributed by atoms with van der Waals surface area (Å²) in [5.74, 6) is -0.275. The van der Waals surface area contributed by atoms with E-state index >= 15 is 0 Å². The van der Waals surface area contributed by atoms with E-state index in [1.165, 1.54) is 57.2 Å². The number of carbonyl (C=O) groups is 1. The Morgan fingerprint density at radius 1 is 1.29 bits per heavy atom. The smallest absolute Gasteiger partial charge is 0.350 e. The minimum Gasteiger partial charge on any atom is -0.465 e. The number of likely N-dealkylation sites (tertiary alicyclic amines) is 1. The van der Waals surface area contributed by atoms with Crippen molar-refractivity contribution in [3.63, 3.8) is 0 Å². The molecule has 0 amide bonds. The number of hydrogen-bond donors (Lipinski definition) is 0. The Hall–Kier alpha value is -1.14. The molecule has 0 aromatic carbocycles. The second kappa shape index (κ2) is 6.32. The second-order valence-corrected chi connectivity index (χ2v) is 6.87. The molecule has 3 heterocycles. The number of methoxy groups -OCH3 is 1. The lowest BCUT2D eigenvalue weighted by Gasteiger charge is -2.32. The van der Waals surface area contributed by atoms with Crippen LogP contribution < -0.4 is 4.90 Å². The van der Waals surface area contributed by atoms with E-state index in [-0.39, 0.29) is 5.97 Å². The van der Waals surface area contributed by atoms with Crippen molar-refractivity contribution in [1.29, 1.82) is 0 Å². The third-order valence-electron chi connectivity index (χ3n) is 4.50. The molecule has 5 nitrogen and oxygen atoms in total. The molecule has 0 spiro atoms. The molecule has 1 unspecified atom stereocenters. The summed E-state index contributed by atoms with van der Waals surface area (Å²) in [6.45, 7) is 6.43. The predicted octanol–water partition coefficient (Wildman–Crippen LogP) is 2.30. The van der Waals surface area contributed by atoms with Crippen LogP contribution in [0.2, 0.25) is 0 Å². The van der Waals surface area contributed by atoms with Crippen molar-refractivity contribution < 1.29 is 9.53 Å². The summed E-state index contributed by atoms with van der Waals surface area (Å²) in [5.41, 5.74) is 0.781. The van der Waals surface area contributed by atoms with Gasteiger partial charge in [0, 0.05) is 19.1 Å². The predicted molar refractivity (Wildman–Crippen MR) is 84.2 cm³/mol. The molecular weight excluding hydrogens is 286 g/mol. The largest absolute Gasteiger partial charge is 0.465 e. The molecular formula is C15H23N3O2S. The van der Waals surface area contributed by atoms with Gasteiger partial charge in [-0.25, -0.2) is 9.78 Å². The first-order valence-corrected chi connectivity index (χ1v) is 8.55. The van der Waals surface area contributed by atoms with Crippen molar-refractivity contribution in [3.05, 3.63) is 10.6 Å². The molecule has 0 saturated carbocycles. The minimum atomic E-state index is -0.275. The van der Waals surface area contributed by atoms with E-state index in [9.17, 15) is 4.79 Å². The van der Waals surface area contributed by atoms with E-state index < -0.39 is 0 Å². The van der Waals surface area contributed by atoms with Gasteiger partial charge in [-0.2, -0.15) is 0 Å². The van der Waals surface area contributed by atoms with Gasteiger partial charge in [0.1, 0.15) is 4.88 Å². The quantitative estimate of drug-likeness (QED) is 0.802. The number of carbonyl (C=O) groups excluding carboxylic acids is 1. The number of hydrogen-bond acceptors (Lipinski definition) is 6. The van der Waals surface area contributed by atoms with Crippen molar-refractivity contribution >= 4 is 22.4 Å². The van der Waals surface area contributed by atoms with Crippen molar-refractivity contribution in [3.8, 4) is 0 Å². The van der Waals surface area contributed by atoms with E-state index in [1.54, 1.807) is 0 Å². The second-order valence-electron chi connectivity index (χ2n) is 5.89. The number of ether oxygens (including phenoxy) is 1. The molecule has 0 bridgehead atoms. The molecule has 2 saturated heterocycles. The average molecular weight is 309 g/mol. The Labute approximate surface area is 129 Å². The molecule has 0 radical (unpaired) electrons. The molecule has 21 heavy (non-hydrogen) atoms.